The standard InChI is InChI=1S/C15H14F3NO5/c1-3-24-13(21)14(22,15(16,17)18)10-7-19-11-5-4-8(6-9(10)11)12(20)23-2/h4-7,19,22H,3H2,1-2H3. The fourth-order valence-electron chi connectivity index (χ4n) is 2.28. The van der Waals surface area contributed by atoms with E-state index in [-0.39, 0.29) is 23.1 Å². The topological polar surface area (TPSA) is 88.6 Å². The normalized spacial score (nSPS) is 14.2. The van der Waals surface area contributed by atoms with Crippen molar-refractivity contribution in [2.45, 2.75) is 18.7 Å². The summed E-state index contributed by atoms with van der Waals surface area (Å²) in [4.78, 5) is 25.9. The number of halogens is 3. The van der Waals surface area contributed by atoms with Crippen LogP contribution >= 0.6 is 0 Å². The van der Waals surface area contributed by atoms with Gasteiger partial charge in [0.1, 0.15) is 0 Å². The number of hydrogen-bond donors (Lipinski definition) is 2. The Morgan fingerprint density at radius 1 is 1.29 bits per heavy atom. The highest BCUT2D eigenvalue weighted by Crippen LogP contribution is 2.43. The van der Waals surface area contributed by atoms with Crippen LogP contribution in [-0.2, 0) is 19.9 Å². The van der Waals surface area contributed by atoms with Gasteiger partial charge in [-0.3, -0.25) is 0 Å². The summed E-state index contributed by atoms with van der Waals surface area (Å²) in [6.07, 6.45) is -4.47. The van der Waals surface area contributed by atoms with Crippen LogP contribution < -0.4 is 0 Å². The van der Waals surface area contributed by atoms with Gasteiger partial charge >= 0.3 is 18.1 Å². The van der Waals surface area contributed by atoms with Crippen molar-refractivity contribution in [2.75, 3.05) is 13.7 Å². The lowest BCUT2D eigenvalue weighted by molar-refractivity contribution is -0.267. The summed E-state index contributed by atoms with van der Waals surface area (Å²) >= 11 is 0. The van der Waals surface area contributed by atoms with E-state index >= 15 is 0 Å². The van der Waals surface area contributed by atoms with E-state index in [9.17, 15) is 27.9 Å². The van der Waals surface area contributed by atoms with Crippen molar-refractivity contribution >= 4 is 22.8 Å². The van der Waals surface area contributed by atoms with Crippen molar-refractivity contribution in [3.8, 4) is 0 Å². The van der Waals surface area contributed by atoms with Crippen molar-refractivity contribution in [1.82, 2.24) is 4.98 Å². The number of esters is 2. The summed E-state index contributed by atoms with van der Waals surface area (Å²) in [5.41, 5.74) is -4.45. The van der Waals surface area contributed by atoms with E-state index in [0.717, 1.165) is 19.4 Å². The van der Waals surface area contributed by atoms with Crippen molar-refractivity contribution < 1.29 is 37.3 Å². The summed E-state index contributed by atoms with van der Waals surface area (Å²) in [5.74, 6) is -2.61. The Kier molecular flexibility index (Phi) is 4.57. The quantitative estimate of drug-likeness (QED) is 0.830. The van der Waals surface area contributed by atoms with E-state index in [1.165, 1.54) is 19.1 Å². The first-order valence-electron chi connectivity index (χ1n) is 6.83. The number of carbonyl (C=O) groups excluding carboxylic acids is 2. The highest BCUT2D eigenvalue weighted by atomic mass is 19.4. The molecule has 9 heteroatoms. The molecule has 1 aromatic heterocycles. The fraction of sp³-hybridized carbons (Fsp3) is 0.333. The first-order chi connectivity index (χ1) is 11.2. The van der Waals surface area contributed by atoms with Gasteiger partial charge in [0.05, 0.1) is 19.3 Å². The van der Waals surface area contributed by atoms with Crippen molar-refractivity contribution in [1.29, 1.82) is 0 Å². The number of alkyl halides is 3. The molecule has 0 saturated carbocycles. The van der Waals surface area contributed by atoms with E-state index in [4.69, 9.17) is 0 Å². The molecule has 6 nitrogen and oxygen atoms in total. The van der Waals surface area contributed by atoms with Crippen LogP contribution in [-0.4, -0.2) is 41.9 Å². The van der Waals surface area contributed by atoms with Gasteiger partial charge in [-0.05, 0) is 25.1 Å². The Hall–Kier alpha value is -2.55. The lowest BCUT2D eigenvalue weighted by Gasteiger charge is -2.27. The molecule has 0 spiro atoms. The van der Waals surface area contributed by atoms with Crippen molar-refractivity contribution in [3.63, 3.8) is 0 Å². The highest BCUT2D eigenvalue weighted by Gasteiger charge is 2.63. The molecule has 1 atom stereocenters. The van der Waals surface area contributed by atoms with E-state index in [1.807, 2.05) is 0 Å². The molecule has 2 N–H and O–H groups in total. The van der Waals surface area contributed by atoms with Crippen LogP contribution in [0.25, 0.3) is 10.9 Å². The van der Waals surface area contributed by atoms with Gasteiger partial charge in [0, 0.05) is 22.7 Å². The molecule has 0 aliphatic heterocycles. The Morgan fingerprint density at radius 2 is 1.96 bits per heavy atom. The Morgan fingerprint density at radius 3 is 2.50 bits per heavy atom. The average molecular weight is 345 g/mol. The monoisotopic (exact) mass is 345 g/mol. The molecule has 1 aromatic carbocycles. The number of nitrogens with one attached hydrogen (secondary N) is 1. The molecule has 0 bridgehead atoms. The van der Waals surface area contributed by atoms with Crippen LogP contribution in [0, 0.1) is 0 Å². The zero-order chi connectivity index (χ0) is 18.1. The summed E-state index contributed by atoms with van der Waals surface area (Å²) in [6.45, 7) is 0.978. The number of aromatic amines is 1. The average Bonchev–Trinajstić information content (AvgIpc) is 2.95. The minimum absolute atomic E-state index is 0.0285. The lowest BCUT2D eigenvalue weighted by atomic mass is 9.92. The van der Waals surface area contributed by atoms with Gasteiger partial charge in [0.2, 0.25) is 0 Å². The second-order valence-electron chi connectivity index (χ2n) is 4.88. The van der Waals surface area contributed by atoms with Crippen LogP contribution in [0.2, 0.25) is 0 Å². The summed E-state index contributed by atoms with van der Waals surface area (Å²) in [7, 11) is 1.12. The van der Waals surface area contributed by atoms with Crippen LogP contribution in [0.5, 0.6) is 0 Å². The summed E-state index contributed by atoms with van der Waals surface area (Å²) < 4.78 is 49.2. The van der Waals surface area contributed by atoms with Gasteiger partial charge in [-0.2, -0.15) is 13.2 Å². The Balaban J connectivity index is 2.71. The van der Waals surface area contributed by atoms with Crippen LogP contribution in [0.3, 0.4) is 0 Å². The maximum absolute atomic E-state index is 13.4. The SMILES string of the molecule is CCOC(=O)C(O)(c1c[nH]c2ccc(C(=O)OC)cc12)C(F)(F)F. The van der Waals surface area contributed by atoms with Crippen molar-refractivity contribution in [2.24, 2.45) is 0 Å². The second kappa shape index (κ2) is 6.16. The lowest BCUT2D eigenvalue weighted by Crippen LogP contribution is -2.50. The smallest absolute Gasteiger partial charge is 0.432 e. The molecule has 0 amide bonds. The third-order valence-electron chi connectivity index (χ3n) is 3.47. The second-order valence-corrected chi connectivity index (χ2v) is 4.88. The van der Waals surface area contributed by atoms with Crippen LogP contribution in [0.1, 0.15) is 22.8 Å². The number of ether oxygens (including phenoxy) is 2. The van der Waals surface area contributed by atoms with Gasteiger partial charge < -0.3 is 19.6 Å². The molecule has 130 valence electrons. The third-order valence-corrected chi connectivity index (χ3v) is 3.47. The number of aliphatic hydroxyl groups is 1. The number of benzene rings is 1. The van der Waals surface area contributed by atoms with E-state index in [1.54, 1.807) is 0 Å². The molecule has 0 saturated heterocycles. The van der Waals surface area contributed by atoms with Gasteiger partial charge in [-0.15, -0.1) is 0 Å². The molecule has 1 heterocycles. The predicted octanol–water partition coefficient (Wildman–Crippen LogP) is 2.27. The van der Waals surface area contributed by atoms with Gasteiger partial charge in [0.15, 0.2) is 0 Å². The molecule has 0 aliphatic rings. The third kappa shape index (κ3) is 2.71. The number of methoxy groups -OCH3 is 1. The molecule has 1 unspecified atom stereocenters. The number of aromatic nitrogens is 1. The minimum atomic E-state index is -5.32. The molecule has 0 radical (unpaired) electrons. The fourth-order valence-corrected chi connectivity index (χ4v) is 2.28. The maximum atomic E-state index is 13.4. The van der Waals surface area contributed by atoms with E-state index in [0.29, 0.717) is 0 Å². The molecule has 0 aliphatic carbocycles. The molecular formula is C15H14F3NO5. The largest absolute Gasteiger partial charge is 0.465 e. The zero-order valence-electron chi connectivity index (χ0n) is 12.7. The van der Waals surface area contributed by atoms with Crippen LogP contribution in [0.4, 0.5) is 13.2 Å². The highest BCUT2D eigenvalue weighted by molar-refractivity contribution is 5.98. The number of rotatable bonds is 4. The van der Waals surface area contributed by atoms with Crippen molar-refractivity contribution in [3.05, 3.63) is 35.5 Å². The number of H-pyrrole nitrogens is 1. The van der Waals surface area contributed by atoms with Gasteiger partial charge in [-0.1, -0.05) is 0 Å². The van der Waals surface area contributed by atoms with E-state index in [2.05, 4.69) is 14.5 Å². The molecule has 2 rings (SSSR count). The number of fused-ring (bicyclic) bond motifs is 1. The zero-order valence-corrected chi connectivity index (χ0v) is 12.7. The predicted molar refractivity (Wildman–Crippen MR) is 76.2 cm³/mol. The Labute approximate surface area is 134 Å². The minimum Gasteiger partial charge on any atom is -0.465 e. The summed E-state index contributed by atoms with van der Waals surface area (Å²) in [6, 6.07) is 3.78. The molecule has 0 fully saturated rings. The number of carbonyl (C=O) groups is 2. The van der Waals surface area contributed by atoms with Gasteiger partial charge in [0.25, 0.3) is 5.60 Å². The van der Waals surface area contributed by atoms with E-state index < -0.39 is 29.3 Å². The first-order valence-corrected chi connectivity index (χ1v) is 6.83. The molecular weight excluding hydrogens is 331 g/mol. The first kappa shape index (κ1) is 17.8. The van der Waals surface area contributed by atoms with Gasteiger partial charge in [-0.25, -0.2) is 9.59 Å². The molecule has 2 aromatic rings. The Bertz CT molecular complexity index is 783. The van der Waals surface area contributed by atoms with Crippen LogP contribution in [0.15, 0.2) is 24.4 Å². The molecule has 24 heavy (non-hydrogen) atoms. The number of hydrogen-bond acceptors (Lipinski definition) is 5. The summed E-state index contributed by atoms with van der Waals surface area (Å²) in [5, 5.41) is 10.0. The maximum Gasteiger partial charge on any atom is 0.432 e.